The quantitative estimate of drug-likeness (QED) is 0.877. The van der Waals surface area contributed by atoms with Crippen LogP contribution >= 0.6 is 27.7 Å². The molecular formula is C12H12BrN3S. The summed E-state index contributed by atoms with van der Waals surface area (Å²) in [6.07, 6.45) is 0. The summed E-state index contributed by atoms with van der Waals surface area (Å²) in [5.74, 6) is 0.652. The van der Waals surface area contributed by atoms with E-state index in [0.29, 0.717) is 5.95 Å². The molecule has 1 N–H and O–H groups in total. The van der Waals surface area contributed by atoms with Gasteiger partial charge in [-0.15, -0.1) is 0 Å². The number of nitrogens with one attached hydrogen (secondary N) is 1. The summed E-state index contributed by atoms with van der Waals surface area (Å²) in [5, 5.41) is 3.90. The molecule has 0 aliphatic carbocycles. The first-order valence-electron chi connectivity index (χ1n) is 5.15. The fourth-order valence-electron chi connectivity index (χ4n) is 1.34. The van der Waals surface area contributed by atoms with E-state index < -0.39 is 0 Å². The minimum atomic E-state index is 0.652. The lowest BCUT2D eigenvalue weighted by atomic mass is 10.4. The number of hydrogen-bond donors (Lipinski definition) is 1. The van der Waals surface area contributed by atoms with Gasteiger partial charge in [0, 0.05) is 22.1 Å². The van der Waals surface area contributed by atoms with E-state index in [-0.39, 0.29) is 0 Å². The summed E-state index contributed by atoms with van der Waals surface area (Å²) in [5.41, 5.74) is 0.957. The van der Waals surface area contributed by atoms with E-state index in [9.17, 15) is 0 Å². The third-order valence-corrected chi connectivity index (χ3v) is 4.05. The van der Waals surface area contributed by atoms with Gasteiger partial charge in [-0.2, -0.15) is 0 Å². The van der Waals surface area contributed by atoms with E-state index in [1.165, 1.54) is 0 Å². The number of hydrogen-bond acceptors (Lipinski definition) is 4. The Hall–Kier alpha value is -1.07. The van der Waals surface area contributed by atoms with Crippen LogP contribution in [0.2, 0.25) is 0 Å². The molecule has 1 heterocycles. The number of rotatable bonds is 3. The second kappa shape index (κ2) is 5.51. The molecule has 5 heteroatoms. The molecule has 1 aromatic carbocycles. The number of aromatic nitrogens is 2. The van der Waals surface area contributed by atoms with Gasteiger partial charge in [-0.3, -0.25) is 0 Å². The van der Waals surface area contributed by atoms with Crippen molar-refractivity contribution in [3.05, 3.63) is 40.5 Å². The van der Waals surface area contributed by atoms with E-state index in [1.807, 2.05) is 38.2 Å². The molecule has 0 atom stereocenters. The first kappa shape index (κ1) is 12.4. The van der Waals surface area contributed by atoms with Gasteiger partial charge in [0.15, 0.2) is 0 Å². The van der Waals surface area contributed by atoms with Crippen molar-refractivity contribution in [1.82, 2.24) is 9.97 Å². The highest BCUT2D eigenvalue weighted by molar-refractivity contribution is 9.10. The highest BCUT2D eigenvalue weighted by Gasteiger charge is 2.05. The average molecular weight is 310 g/mol. The monoisotopic (exact) mass is 309 g/mol. The molecule has 0 aliphatic rings. The highest BCUT2D eigenvalue weighted by atomic mass is 79.9. The minimum Gasteiger partial charge on any atom is -0.357 e. The van der Waals surface area contributed by atoms with E-state index >= 15 is 0 Å². The van der Waals surface area contributed by atoms with Crippen LogP contribution in [-0.2, 0) is 0 Å². The fourth-order valence-corrected chi connectivity index (χ4v) is 2.77. The summed E-state index contributed by atoms with van der Waals surface area (Å²) in [4.78, 5) is 9.82. The van der Waals surface area contributed by atoms with Crippen LogP contribution in [0.25, 0.3) is 0 Å². The molecule has 17 heavy (non-hydrogen) atoms. The van der Waals surface area contributed by atoms with Crippen LogP contribution in [0.15, 0.2) is 44.7 Å². The summed E-state index contributed by atoms with van der Waals surface area (Å²) in [6, 6.07) is 10.1. The Morgan fingerprint density at radius 2 is 2.00 bits per heavy atom. The van der Waals surface area contributed by atoms with Crippen LogP contribution in [0.5, 0.6) is 0 Å². The number of nitrogens with zero attached hydrogens (tertiary/aromatic N) is 2. The van der Waals surface area contributed by atoms with Crippen LogP contribution in [0.1, 0.15) is 5.69 Å². The lowest BCUT2D eigenvalue weighted by Crippen LogP contribution is -1.98. The predicted octanol–water partition coefficient (Wildman–Crippen LogP) is 3.74. The Bertz CT molecular complexity index is 531. The predicted molar refractivity (Wildman–Crippen MR) is 74.6 cm³/mol. The maximum absolute atomic E-state index is 4.41. The number of benzene rings is 1. The van der Waals surface area contributed by atoms with Crippen LogP contribution in [0.4, 0.5) is 5.95 Å². The molecule has 0 amide bonds. The minimum absolute atomic E-state index is 0.652. The Morgan fingerprint density at radius 3 is 2.71 bits per heavy atom. The van der Waals surface area contributed by atoms with E-state index in [0.717, 1.165) is 20.1 Å². The van der Waals surface area contributed by atoms with Crippen molar-refractivity contribution in [2.45, 2.75) is 16.8 Å². The van der Waals surface area contributed by atoms with Gasteiger partial charge in [0.2, 0.25) is 5.95 Å². The van der Waals surface area contributed by atoms with Crippen LogP contribution in [0.3, 0.4) is 0 Å². The molecule has 0 aliphatic heterocycles. The highest BCUT2D eigenvalue weighted by Crippen LogP contribution is 2.32. The van der Waals surface area contributed by atoms with Crippen molar-refractivity contribution in [2.75, 3.05) is 12.4 Å². The third-order valence-electron chi connectivity index (χ3n) is 2.11. The summed E-state index contributed by atoms with van der Waals surface area (Å²) < 4.78 is 1.08. The molecule has 0 unspecified atom stereocenters. The molecule has 0 spiro atoms. The lowest BCUT2D eigenvalue weighted by molar-refractivity contribution is 1.01. The lowest BCUT2D eigenvalue weighted by Gasteiger charge is -2.06. The van der Waals surface area contributed by atoms with Gasteiger partial charge in [-0.1, -0.05) is 23.9 Å². The largest absolute Gasteiger partial charge is 0.357 e. The third kappa shape index (κ3) is 3.20. The van der Waals surface area contributed by atoms with Gasteiger partial charge in [-0.25, -0.2) is 9.97 Å². The molecule has 2 aromatic rings. The molecule has 3 nitrogen and oxygen atoms in total. The van der Waals surface area contributed by atoms with Crippen molar-refractivity contribution in [1.29, 1.82) is 0 Å². The van der Waals surface area contributed by atoms with Gasteiger partial charge in [0.25, 0.3) is 0 Å². The van der Waals surface area contributed by atoms with Gasteiger partial charge in [0.05, 0.1) is 0 Å². The molecule has 1 aromatic heterocycles. The second-order valence-electron chi connectivity index (χ2n) is 3.45. The Labute approximate surface area is 113 Å². The zero-order valence-electron chi connectivity index (χ0n) is 9.57. The average Bonchev–Trinajstić information content (AvgIpc) is 2.31. The molecule has 0 bridgehead atoms. The molecular weight excluding hydrogens is 298 g/mol. The van der Waals surface area contributed by atoms with Crippen LogP contribution < -0.4 is 5.32 Å². The maximum Gasteiger partial charge on any atom is 0.223 e. The van der Waals surface area contributed by atoms with Crippen molar-refractivity contribution in [2.24, 2.45) is 0 Å². The standard InChI is InChI=1S/C12H12BrN3S/c1-8-7-11(16-12(14-2)15-8)17-10-6-4-3-5-9(10)13/h3-7H,1-2H3,(H,14,15,16). The summed E-state index contributed by atoms with van der Waals surface area (Å²) in [6.45, 7) is 1.96. The van der Waals surface area contributed by atoms with Crippen molar-refractivity contribution in [3.8, 4) is 0 Å². The molecule has 88 valence electrons. The number of anilines is 1. The van der Waals surface area contributed by atoms with Crippen molar-refractivity contribution < 1.29 is 0 Å². The number of halogens is 1. The van der Waals surface area contributed by atoms with Crippen molar-refractivity contribution in [3.63, 3.8) is 0 Å². The summed E-state index contributed by atoms with van der Waals surface area (Å²) >= 11 is 5.15. The molecule has 0 fully saturated rings. The van der Waals surface area contributed by atoms with Gasteiger partial charge in [-0.05, 0) is 41.1 Å². The van der Waals surface area contributed by atoms with Crippen molar-refractivity contribution >= 4 is 33.6 Å². The smallest absolute Gasteiger partial charge is 0.223 e. The van der Waals surface area contributed by atoms with Gasteiger partial charge >= 0.3 is 0 Å². The van der Waals surface area contributed by atoms with Gasteiger partial charge in [0.1, 0.15) is 5.03 Å². The fraction of sp³-hybridized carbons (Fsp3) is 0.167. The molecule has 0 saturated carbocycles. The SMILES string of the molecule is CNc1nc(C)cc(Sc2ccccc2Br)n1. The van der Waals surface area contributed by atoms with E-state index in [2.05, 4.69) is 37.3 Å². The first-order chi connectivity index (χ1) is 8.19. The zero-order valence-corrected chi connectivity index (χ0v) is 12.0. The number of aryl methyl sites for hydroxylation is 1. The Kier molecular flexibility index (Phi) is 4.02. The van der Waals surface area contributed by atoms with Crippen LogP contribution in [0, 0.1) is 6.92 Å². The van der Waals surface area contributed by atoms with Gasteiger partial charge < -0.3 is 5.32 Å². The molecule has 0 saturated heterocycles. The Morgan fingerprint density at radius 1 is 1.24 bits per heavy atom. The zero-order chi connectivity index (χ0) is 12.3. The normalized spacial score (nSPS) is 10.3. The topological polar surface area (TPSA) is 37.8 Å². The first-order valence-corrected chi connectivity index (χ1v) is 6.76. The van der Waals surface area contributed by atoms with Crippen LogP contribution in [-0.4, -0.2) is 17.0 Å². The summed E-state index contributed by atoms with van der Waals surface area (Å²) in [7, 11) is 1.82. The molecule has 0 radical (unpaired) electrons. The van der Waals surface area contributed by atoms with E-state index in [1.54, 1.807) is 11.8 Å². The second-order valence-corrected chi connectivity index (χ2v) is 5.37. The molecule has 2 rings (SSSR count). The van der Waals surface area contributed by atoms with E-state index in [4.69, 9.17) is 0 Å². The Balaban J connectivity index is 2.30. The maximum atomic E-state index is 4.41.